The molecule has 2 atom stereocenters. The number of aromatic amines is 1. The van der Waals surface area contributed by atoms with Crippen LogP contribution in [0.1, 0.15) is 13.8 Å². The molecule has 0 aliphatic carbocycles. The molecule has 2 unspecified atom stereocenters. The molecule has 3 N–H and O–H groups in total. The number of hydrogen-bond acceptors (Lipinski definition) is 7. The van der Waals surface area contributed by atoms with E-state index in [1.807, 2.05) is 13.8 Å². The fourth-order valence-electron chi connectivity index (χ4n) is 1.68. The van der Waals surface area contributed by atoms with E-state index >= 15 is 0 Å². The molecule has 9 heteroatoms. The van der Waals surface area contributed by atoms with Crippen molar-refractivity contribution in [2.24, 2.45) is 10.2 Å². The quantitative estimate of drug-likeness (QED) is 0.406. The van der Waals surface area contributed by atoms with E-state index < -0.39 is 4.92 Å². The second-order valence-electron chi connectivity index (χ2n) is 3.90. The highest BCUT2D eigenvalue weighted by Crippen LogP contribution is 2.23. The minimum atomic E-state index is -0.570. The number of nitrogens with zero attached hydrogens (tertiary/aromatic N) is 4. The van der Waals surface area contributed by atoms with Crippen LogP contribution < -0.4 is 10.9 Å². The fourth-order valence-corrected chi connectivity index (χ4v) is 1.68. The van der Waals surface area contributed by atoms with Gasteiger partial charge in [0.1, 0.15) is 6.04 Å². The lowest BCUT2D eigenvalue weighted by Gasteiger charge is -2.09. The Labute approximate surface area is 96.8 Å². The van der Waals surface area contributed by atoms with Gasteiger partial charge in [0.05, 0.1) is 0 Å². The maximum Gasteiger partial charge on any atom is 0.369 e. The van der Waals surface area contributed by atoms with Crippen LogP contribution >= 0.6 is 0 Å². The zero-order valence-electron chi connectivity index (χ0n) is 9.41. The minimum absolute atomic E-state index is 0.00120. The van der Waals surface area contributed by atoms with Gasteiger partial charge >= 0.3 is 5.82 Å². The van der Waals surface area contributed by atoms with Crippen molar-refractivity contribution in [2.75, 3.05) is 0 Å². The molecule has 1 aromatic rings. The molecule has 1 aliphatic heterocycles. The monoisotopic (exact) mass is 239 g/mol. The van der Waals surface area contributed by atoms with Gasteiger partial charge in [0.25, 0.3) is 5.82 Å². The van der Waals surface area contributed by atoms with Crippen molar-refractivity contribution >= 4 is 11.6 Å². The van der Waals surface area contributed by atoms with Gasteiger partial charge < -0.3 is 10.1 Å². The van der Waals surface area contributed by atoms with E-state index in [-0.39, 0.29) is 29.8 Å². The largest absolute Gasteiger partial charge is 0.369 e. The van der Waals surface area contributed by atoms with Crippen molar-refractivity contribution in [1.82, 2.24) is 20.8 Å². The Bertz CT molecular complexity index is 433. The Morgan fingerprint density at radius 3 is 2.65 bits per heavy atom. The first-order valence-corrected chi connectivity index (χ1v) is 5.19. The van der Waals surface area contributed by atoms with Crippen molar-refractivity contribution in [1.29, 1.82) is 0 Å². The SMILES string of the molecule is CC1NNC(C)C1N=Nc1nc[nH]c1[N+](=O)[O-]. The highest BCUT2D eigenvalue weighted by atomic mass is 16.6. The van der Waals surface area contributed by atoms with E-state index in [9.17, 15) is 10.1 Å². The molecular weight excluding hydrogens is 226 g/mol. The van der Waals surface area contributed by atoms with Crippen LogP contribution in [0.15, 0.2) is 16.6 Å². The van der Waals surface area contributed by atoms with E-state index in [1.165, 1.54) is 6.33 Å². The predicted octanol–water partition coefficient (Wildman–Crippen LogP) is 0.655. The van der Waals surface area contributed by atoms with Crippen LogP contribution in [0, 0.1) is 10.1 Å². The molecule has 0 spiro atoms. The van der Waals surface area contributed by atoms with Gasteiger partial charge in [-0.15, -0.1) is 5.11 Å². The van der Waals surface area contributed by atoms with E-state index in [0.29, 0.717) is 0 Å². The summed E-state index contributed by atoms with van der Waals surface area (Å²) in [7, 11) is 0. The van der Waals surface area contributed by atoms with Crippen LogP contribution in [0.4, 0.5) is 11.6 Å². The van der Waals surface area contributed by atoms with Crippen molar-refractivity contribution in [3.05, 3.63) is 16.4 Å². The van der Waals surface area contributed by atoms with E-state index in [2.05, 4.69) is 31.0 Å². The summed E-state index contributed by atoms with van der Waals surface area (Å²) in [5, 5.41) is 18.5. The highest BCUT2D eigenvalue weighted by Gasteiger charge is 2.30. The van der Waals surface area contributed by atoms with Gasteiger partial charge in [-0.05, 0) is 18.8 Å². The average Bonchev–Trinajstić information content (AvgIpc) is 2.85. The summed E-state index contributed by atoms with van der Waals surface area (Å²) in [5.74, 6) is -0.241. The van der Waals surface area contributed by atoms with Crippen LogP contribution in [0.3, 0.4) is 0 Å². The van der Waals surface area contributed by atoms with Crippen LogP contribution in [0.25, 0.3) is 0 Å². The third-order valence-electron chi connectivity index (χ3n) is 2.63. The maximum absolute atomic E-state index is 10.6. The minimum Gasteiger partial charge on any atom is -0.358 e. The first-order valence-electron chi connectivity index (χ1n) is 5.19. The molecule has 17 heavy (non-hydrogen) atoms. The number of nitro groups is 1. The Balaban J connectivity index is 2.14. The number of imidazole rings is 1. The molecule has 1 aliphatic rings. The van der Waals surface area contributed by atoms with Gasteiger partial charge in [-0.2, -0.15) is 10.1 Å². The molecule has 0 bridgehead atoms. The van der Waals surface area contributed by atoms with E-state index in [1.54, 1.807) is 0 Å². The predicted molar refractivity (Wildman–Crippen MR) is 58.7 cm³/mol. The Morgan fingerprint density at radius 2 is 2.06 bits per heavy atom. The number of aromatic nitrogens is 2. The Hall–Kier alpha value is -1.87. The zero-order valence-corrected chi connectivity index (χ0v) is 9.41. The van der Waals surface area contributed by atoms with Gasteiger partial charge in [0.2, 0.25) is 0 Å². The lowest BCUT2D eigenvalue weighted by molar-refractivity contribution is -0.388. The Kier molecular flexibility index (Phi) is 3.11. The summed E-state index contributed by atoms with van der Waals surface area (Å²) in [5.41, 5.74) is 6.04. The zero-order chi connectivity index (χ0) is 12.4. The Morgan fingerprint density at radius 1 is 1.41 bits per heavy atom. The second kappa shape index (κ2) is 4.55. The summed E-state index contributed by atoms with van der Waals surface area (Å²) in [6, 6.07) is 0.157. The smallest absolute Gasteiger partial charge is 0.358 e. The van der Waals surface area contributed by atoms with Crippen molar-refractivity contribution in [3.8, 4) is 0 Å². The first kappa shape index (κ1) is 11.6. The molecule has 0 amide bonds. The summed E-state index contributed by atoms with van der Waals surface area (Å²) in [6.07, 6.45) is 1.23. The molecule has 2 heterocycles. The van der Waals surface area contributed by atoms with E-state index in [0.717, 1.165) is 0 Å². The normalized spacial score (nSPS) is 28.9. The number of hydrazine groups is 1. The summed E-state index contributed by atoms with van der Waals surface area (Å²) in [6.45, 7) is 3.91. The highest BCUT2D eigenvalue weighted by molar-refractivity contribution is 5.44. The molecule has 2 rings (SSSR count). The van der Waals surface area contributed by atoms with Crippen molar-refractivity contribution < 1.29 is 4.92 Å². The molecule has 1 saturated heterocycles. The fraction of sp³-hybridized carbons (Fsp3) is 0.625. The summed E-state index contributed by atoms with van der Waals surface area (Å²) in [4.78, 5) is 16.2. The van der Waals surface area contributed by atoms with Crippen LogP contribution in [-0.4, -0.2) is 33.0 Å². The van der Waals surface area contributed by atoms with Crippen molar-refractivity contribution in [2.45, 2.75) is 32.0 Å². The molecule has 0 radical (unpaired) electrons. The summed E-state index contributed by atoms with van der Waals surface area (Å²) >= 11 is 0. The molecule has 0 aromatic carbocycles. The third-order valence-corrected chi connectivity index (χ3v) is 2.63. The third kappa shape index (κ3) is 2.29. The topological polar surface area (TPSA) is 121 Å². The summed E-state index contributed by atoms with van der Waals surface area (Å²) < 4.78 is 0. The number of rotatable bonds is 3. The average molecular weight is 239 g/mol. The van der Waals surface area contributed by atoms with Crippen LogP contribution in [0.5, 0.6) is 0 Å². The van der Waals surface area contributed by atoms with Gasteiger partial charge in [0, 0.05) is 12.1 Å². The van der Waals surface area contributed by atoms with Gasteiger partial charge in [-0.3, -0.25) is 10.9 Å². The molecule has 1 aromatic heterocycles. The maximum atomic E-state index is 10.6. The first-order chi connectivity index (χ1) is 8.09. The molecule has 9 nitrogen and oxygen atoms in total. The number of hydrogen-bond donors (Lipinski definition) is 3. The van der Waals surface area contributed by atoms with Crippen LogP contribution in [-0.2, 0) is 0 Å². The molecule has 92 valence electrons. The van der Waals surface area contributed by atoms with Crippen LogP contribution in [0.2, 0.25) is 0 Å². The van der Waals surface area contributed by atoms with Gasteiger partial charge in [-0.25, -0.2) is 4.98 Å². The lowest BCUT2D eigenvalue weighted by atomic mass is 10.1. The van der Waals surface area contributed by atoms with Gasteiger partial charge in [-0.1, -0.05) is 0 Å². The van der Waals surface area contributed by atoms with Crippen molar-refractivity contribution in [3.63, 3.8) is 0 Å². The van der Waals surface area contributed by atoms with E-state index in [4.69, 9.17) is 0 Å². The van der Waals surface area contributed by atoms with Gasteiger partial charge in [0.15, 0.2) is 6.33 Å². The molecule has 0 saturated carbocycles. The second-order valence-corrected chi connectivity index (χ2v) is 3.90. The standard InChI is InChI=1S/C8H13N7O2/c1-4-6(5(2)12-11-4)13-14-7-8(15(16)17)10-3-9-7/h3-6,11-12H,1-2H3,(H,9,10). The lowest BCUT2D eigenvalue weighted by Crippen LogP contribution is -2.30. The molecular formula is C8H13N7O2. The number of azo groups is 1. The number of H-pyrrole nitrogens is 1. The number of nitrogens with one attached hydrogen (secondary N) is 3. The molecule has 1 fully saturated rings.